The molecular formula is C9H15NO2. The van der Waals surface area contributed by atoms with Crippen molar-refractivity contribution in [3.63, 3.8) is 0 Å². The van der Waals surface area contributed by atoms with Gasteiger partial charge in [0.2, 0.25) is 0 Å². The average molecular weight is 169 g/mol. The molecule has 1 aliphatic heterocycles. The lowest BCUT2D eigenvalue weighted by molar-refractivity contribution is 0.139. The highest BCUT2D eigenvalue weighted by atomic mass is 16.6. The van der Waals surface area contributed by atoms with Crippen LogP contribution in [0.1, 0.15) is 32.1 Å². The van der Waals surface area contributed by atoms with Crippen molar-refractivity contribution < 1.29 is 9.53 Å². The van der Waals surface area contributed by atoms with Gasteiger partial charge >= 0.3 is 6.09 Å². The molecule has 0 unspecified atom stereocenters. The Labute approximate surface area is 72.7 Å². The first-order valence-corrected chi connectivity index (χ1v) is 4.81. The number of cyclic esters (lactones) is 1. The molecule has 68 valence electrons. The summed E-state index contributed by atoms with van der Waals surface area (Å²) in [6.07, 6.45) is 6.13. The number of nitrogens with zero attached hydrogens (tertiary/aromatic N) is 1. The van der Waals surface area contributed by atoms with Crippen LogP contribution in [0.5, 0.6) is 0 Å². The molecule has 1 saturated heterocycles. The summed E-state index contributed by atoms with van der Waals surface area (Å²) in [6, 6.07) is 0.480. The lowest BCUT2D eigenvalue weighted by atomic mass is 9.94. The molecule has 2 aliphatic rings. The second kappa shape index (κ2) is 3.33. The van der Waals surface area contributed by atoms with Gasteiger partial charge in [0.25, 0.3) is 0 Å². The van der Waals surface area contributed by atoms with Gasteiger partial charge in [-0.15, -0.1) is 0 Å². The van der Waals surface area contributed by atoms with Crippen LogP contribution in [0.4, 0.5) is 4.79 Å². The second-order valence-electron chi connectivity index (χ2n) is 3.60. The van der Waals surface area contributed by atoms with E-state index in [1.54, 1.807) is 0 Å². The summed E-state index contributed by atoms with van der Waals surface area (Å²) in [4.78, 5) is 13.1. The number of ether oxygens (including phenoxy) is 1. The Morgan fingerprint density at radius 2 is 2.00 bits per heavy atom. The maximum Gasteiger partial charge on any atom is 0.410 e. The molecule has 2 rings (SSSR count). The molecule has 3 heteroatoms. The smallest absolute Gasteiger partial charge is 0.410 e. The van der Waals surface area contributed by atoms with Crippen LogP contribution < -0.4 is 0 Å². The molecule has 1 saturated carbocycles. The number of hydrogen-bond donors (Lipinski definition) is 0. The summed E-state index contributed by atoms with van der Waals surface area (Å²) in [7, 11) is 0. The molecule has 0 spiro atoms. The van der Waals surface area contributed by atoms with Crippen LogP contribution in [0, 0.1) is 0 Å². The van der Waals surface area contributed by atoms with Crippen LogP contribution in [0.2, 0.25) is 0 Å². The molecule has 1 aliphatic carbocycles. The molecule has 0 radical (unpaired) electrons. The van der Waals surface area contributed by atoms with Crippen LogP contribution in [0.3, 0.4) is 0 Å². The lowest BCUT2D eigenvalue weighted by Crippen LogP contribution is -2.37. The van der Waals surface area contributed by atoms with Crippen molar-refractivity contribution in [3.8, 4) is 0 Å². The van der Waals surface area contributed by atoms with Crippen LogP contribution in [0.25, 0.3) is 0 Å². The fourth-order valence-corrected chi connectivity index (χ4v) is 2.13. The quantitative estimate of drug-likeness (QED) is 0.598. The Bertz CT molecular complexity index is 175. The molecule has 2 fully saturated rings. The van der Waals surface area contributed by atoms with Gasteiger partial charge in [0.1, 0.15) is 6.61 Å². The highest BCUT2D eigenvalue weighted by Crippen LogP contribution is 2.24. The summed E-state index contributed by atoms with van der Waals surface area (Å²) in [6.45, 7) is 1.40. The molecule has 0 bridgehead atoms. The van der Waals surface area contributed by atoms with Gasteiger partial charge in [-0.2, -0.15) is 0 Å². The molecular weight excluding hydrogens is 154 g/mol. The number of amides is 1. The Balaban J connectivity index is 1.93. The van der Waals surface area contributed by atoms with Crippen LogP contribution >= 0.6 is 0 Å². The zero-order valence-corrected chi connectivity index (χ0v) is 7.29. The molecule has 12 heavy (non-hydrogen) atoms. The van der Waals surface area contributed by atoms with E-state index in [9.17, 15) is 4.79 Å². The predicted octanol–water partition coefficient (Wildman–Crippen LogP) is 1.77. The summed E-state index contributed by atoms with van der Waals surface area (Å²) < 4.78 is 4.91. The monoisotopic (exact) mass is 169 g/mol. The molecule has 1 heterocycles. The number of hydrogen-bond acceptors (Lipinski definition) is 2. The van der Waals surface area contributed by atoms with Crippen molar-refractivity contribution in [2.24, 2.45) is 0 Å². The zero-order chi connectivity index (χ0) is 8.39. The van der Waals surface area contributed by atoms with Gasteiger partial charge in [-0.3, -0.25) is 0 Å². The predicted molar refractivity (Wildman–Crippen MR) is 44.9 cm³/mol. The van der Waals surface area contributed by atoms with E-state index in [1.165, 1.54) is 32.1 Å². The Morgan fingerprint density at radius 1 is 1.25 bits per heavy atom. The standard InChI is InChI=1S/C9H15NO2/c11-9-10(6-7-12-9)8-4-2-1-3-5-8/h8H,1-7H2. The van der Waals surface area contributed by atoms with E-state index in [4.69, 9.17) is 4.74 Å². The van der Waals surface area contributed by atoms with E-state index in [2.05, 4.69) is 0 Å². The van der Waals surface area contributed by atoms with Crippen molar-refractivity contribution in [1.29, 1.82) is 0 Å². The average Bonchev–Trinajstić information content (AvgIpc) is 2.53. The summed E-state index contributed by atoms with van der Waals surface area (Å²) >= 11 is 0. The van der Waals surface area contributed by atoms with Crippen molar-refractivity contribution in [3.05, 3.63) is 0 Å². The van der Waals surface area contributed by atoms with E-state index >= 15 is 0 Å². The van der Waals surface area contributed by atoms with Gasteiger partial charge in [0, 0.05) is 6.04 Å². The van der Waals surface area contributed by atoms with Gasteiger partial charge in [0.15, 0.2) is 0 Å². The maximum absolute atomic E-state index is 11.2. The zero-order valence-electron chi connectivity index (χ0n) is 7.29. The highest BCUT2D eigenvalue weighted by Gasteiger charge is 2.30. The first-order chi connectivity index (χ1) is 5.88. The lowest BCUT2D eigenvalue weighted by Gasteiger charge is -2.28. The SMILES string of the molecule is O=C1OCCN1C1CCCCC1. The minimum atomic E-state index is -0.0955. The summed E-state index contributed by atoms with van der Waals surface area (Å²) in [5.41, 5.74) is 0. The molecule has 0 atom stereocenters. The van der Waals surface area contributed by atoms with Crippen LogP contribution in [0.15, 0.2) is 0 Å². The third-order valence-electron chi connectivity index (χ3n) is 2.81. The third kappa shape index (κ3) is 1.40. The van der Waals surface area contributed by atoms with E-state index < -0.39 is 0 Å². The molecule has 0 N–H and O–H groups in total. The van der Waals surface area contributed by atoms with Crippen LogP contribution in [-0.4, -0.2) is 30.2 Å². The van der Waals surface area contributed by atoms with E-state index in [-0.39, 0.29) is 6.09 Å². The fourth-order valence-electron chi connectivity index (χ4n) is 2.13. The van der Waals surface area contributed by atoms with Gasteiger partial charge in [0.05, 0.1) is 6.54 Å². The second-order valence-corrected chi connectivity index (χ2v) is 3.60. The molecule has 0 aromatic rings. The van der Waals surface area contributed by atoms with Gasteiger partial charge in [-0.25, -0.2) is 4.79 Å². The Kier molecular flexibility index (Phi) is 2.19. The maximum atomic E-state index is 11.2. The van der Waals surface area contributed by atoms with Crippen molar-refractivity contribution in [1.82, 2.24) is 4.90 Å². The minimum absolute atomic E-state index is 0.0955. The molecule has 0 aromatic carbocycles. The topological polar surface area (TPSA) is 29.5 Å². The molecule has 1 amide bonds. The number of carbonyl (C=O) groups excluding carboxylic acids is 1. The number of rotatable bonds is 1. The highest BCUT2D eigenvalue weighted by molar-refractivity contribution is 5.69. The van der Waals surface area contributed by atoms with E-state index in [1.807, 2.05) is 4.90 Å². The summed E-state index contributed by atoms with van der Waals surface area (Å²) in [5.74, 6) is 0. The minimum Gasteiger partial charge on any atom is -0.448 e. The first kappa shape index (κ1) is 7.90. The van der Waals surface area contributed by atoms with Crippen molar-refractivity contribution in [2.45, 2.75) is 38.1 Å². The van der Waals surface area contributed by atoms with Gasteiger partial charge in [-0.05, 0) is 12.8 Å². The Morgan fingerprint density at radius 3 is 2.58 bits per heavy atom. The largest absolute Gasteiger partial charge is 0.448 e. The molecule has 3 nitrogen and oxygen atoms in total. The first-order valence-electron chi connectivity index (χ1n) is 4.81. The Hall–Kier alpha value is -0.730. The molecule has 0 aromatic heterocycles. The fraction of sp³-hybridized carbons (Fsp3) is 0.889. The summed E-state index contributed by atoms with van der Waals surface area (Å²) in [5, 5.41) is 0. The number of carbonyl (C=O) groups is 1. The van der Waals surface area contributed by atoms with E-state index in [0.29, 0.717) is 12.6 Å². The van der Waals surface area contributed by atoms with Gasteiger partial charge < -0.3 is 9.64 Å². The third-order valence-corrected chi connectivity index (χ3v) is 2.81. The van der Waals surface area contributed by atoms with Gasteiger partial charge in [-0.1, -0.05) is 19.3 Å². The normalized spacial score (nSPS) is 26.0. The van der Waals surface area contributed by atoms with Crippen molar-refractivity contribution >= 4 is 6.09 Å². The van der Waals surface area contributed by atoms with E-state index in [0.717, 1.165) is 6.54 Å². The van der Waals surface area contributed by atoms with Crippen molar-refractivity contribution in [2.75, 3.05) is 13.2 Å². The van der Waals surface area contributed by atoms with Crippen LogP contribution in [-0.2, 0) is 4.74 Å².